The van der Waals surface area contributed by atoms with E-state index < -0.39 is 59.3 Å². The Morgan fingerprint density at radius 3 is 2.45 bits per heavy atom. The van der Waals surface area contributed by atoms with Crippen LogP contribution in [0.5, 0.6) is 0 Å². The lowest BCUT2D eigenvalue weighted by atomic mass is 10.0. The first-order valence-electron chi connectivity index (χ1n) is 15.1. The average molecular weight is 646 g/mol. The molecule has 0 spiro atoms. The molecule has 0 radical (unpaired) electrons. The second-order valence-corrected chi connectivity index (χ2v) is 11.6. The van der Waals surface area contributed by atoms with Crippen LogP contribution < -0.4 is 38.7 Å². The van der Waals surface area contributed by atoms with Gasteiger partial charge in [0.1, 0.15) is 18.4 Å². The Morgan fingerprint density at radius 1 is 1.00 bits per heavy atom. The highest BCUT2D eigenvalue weighted by Crippen LogP contribution is 2.35. The number of fused-ring (bicyclic) bond motifs is 2. The zero-order valence-electron chi connectivity index (χ0n) is 25.0. The number of piperidine rings is 1. The van der Waals surface area contributed by atoms with Crippen molar-refractivity contribution in [3.63, 3.8) is 0 Å². The summed E-state index contributed by atoms with van der Waals surface area (Å²) in [6, 6.07) is 4.68. The Hall–Kier alpha value is -5.87. The van der Waals surface area contributed by atoms with E-state index in [1.165, 1.54) is 16.7 Å². The second-order valence-electron chi connectivity index (χ2n) is 11.6. The highest BCUT2D eigenvalue weighted by molar-refractivity contribution is 6.25. The Labute approximate surface area is 265 Å². The molecule has 1 atom stereocenters. The molecule has 1 aromatic carbocycles. The van der Waals surface area contributed by atoms with Crippen molar-refractivity contribution < 1.29 is 28.8 Å². The summed E-state index contributed by atoms with van der Waals surface area (Å²) in [5, 5.41) is 7.94. The normalized spacial score (nSPS) is 17.5. The van der Waals surface area contributed by atoms with Crippen molar-refractivity contribution in [1.29, 1.82) is 0 Å². The first kappa shape index (κ1) is 31.1. The molecule has 47 heavy (non-hydrogen) atoms. The van der Waals surface area contributed by atoms with Crippen LogP contribution in [0.3, 0.4) is 0 Å². The van der Waals surface area contributed by atoms with Gasteiger partial charge in [0.25, 0.3) is 23.3 Å². The molecule has 0 bridgehead atoms. The van der Waals surface area contributed by atoms with E-state index in [0.29, 0.717) is 37.9 Å². The summed E-state index contributed by atoms with van der Waals surface area (Å²) in [5.74, 6) is -4.02. The van der Waals surface area contributed by atoms with E-state index in [0.717, 1.165) is 9.47 Å². The molecule has 2 aliphatic heterocycles. The molecule has 244 valence electrons. The number of pyridine rings is 1. The van der Waals surface area contributed by atoms with Crippen molar-refractivity contribution in [3.8, 4) is 0 Å². The number of carbonyl (C=O) groups excluding carboxylic acids is 6. The number of benzene rings is 1. The standard InChI is InChI=1S/C30H31N9O8/c31-23-16(24(32)42)12-17-25(36-23)38(14-6-7-14)30(47)37(27(17)44)13-21(41)34-11-2-1-10-33-18-5-3-4-15-22(18)29(46)39(28(15)45)19-8-9-20(40)35-26(19)43/h3-5,12,14,19,33H,1-2,6-11,13H2,(H2,31,36)(H2,32,42)(H,34,41)(H,35,40,43). The van der Waals surface area contributed by atoms with Crippen LogP contribution in [0.4, 0.5) is 11.5 Å². The largest absolute Gasteiger partial charge is 0.384 e. The predicted molar refractivity (Wildman–Crippen MR) is 165 cm³/mol. The first-order valence-corrected chi connectivity index (χ1v) is 15.1. The van der Waals surface area contributed by atoms with Crippen LogP contribution in [0.2, 0.25) is 0 Å². The molecule has 7 N–H and O–H groups in total. The molecule has 4 heterocycles. The summed E-state index contributed by atoms with van der Waals surface area (Å²) in [6.07, 6.45) is 2.47. The van der Waals surface area contributed by atoms with E-state index in [4.69, 9.17) is 11.5 Å². The van der Waals surface area contributed by atoms with Gasteiger partial charge >= 0.3 is 5.69 Å². The lowest BCUT2D eigenvalue weighted by Gasteiger charge is -2.27. The molecule has 3 aliphatic rings. The van der Waals surface area contributed by atoms with Crippen LogP contribution in [-0.4, -0.2) is 73.6 Å². The Balaban J connectivity index is 1.06. The van der Waals surface area contributed by atoms with Crippen molar-refractivity contribution >= 4 is 58.0 Å². The van der Waals surface area contributed by atoms with Gasteiger partial charge in [-0.1, -0.05) is 6.07 Å². The number of unbranched alkanes of at least 4 members (excludes halogenated alkanes) is 1. The summed E-state index contributed by atoms with van der Waals surface area (Å²) >= 11 is 0. The van der Waals surface area contributed by atoms with Gasteiger partial charge in [-0.3, -0.25) is 52.9 Å². The van der Waals surface area contributed by atoms with Crippen LogP contribution in [0.25, 0.3) is 11.0 Å². The number of anilines is 2. The van der Waals surface area contributed by atoms with Crippen molar-refractivity contribution in [1.82, 2.24) is 29.7 Å². The summed E-state index contributed by atoms with van der Waals surface area (Å²) in [7, 11) is 0. The number of nitrogens with two attached hydrogens (primary N) is 2. The maximum absolute atomic E-state index is 13.2. The van der Waals surface area contributed by atoms with Gasteiger partial charge in [-0.05, 0) is 50.3 Å². The van der Waals surface area contributed by atoms with E-state index in [2.05, 4.69) is 20.9 Å². The number of amides is 6. The minimum Gasteiger partial charge on any atom is -0.384 e. The third-order valence-corrected chi connectivity index (χ3v) is 8.36. The molecular weight excluding hydrogens is 614 g/mol. The van der Waals surface area contributed by atoms with Crippen LogP contribution in [0.1, 0.15) is 75.6 Å². The van der Waals surface area contributed by atoms with E-state index >= 15 is 0 Å². The van der Waals surface area contributed by atoms with Gasteiger partial charge in [0.2, 0.25) is 17.7 Å². The highest BCUT2D eigenvalue weighted by atomic mass is 16.2. The lowest BCUT2D eigenvalue weighted by molar-refractivity contribution is -0.136. The Morgan fingerprint density at radius 2 is 1.74 bits per heavy atom. The van der Waals surface area contributed by atoms with Crippen LogP contribution in [-0.2, 0) is 20.9 Å². The second kappa shape index (κ2) is 12.1. The monoisotopic (exact) mass is 645 g/mol. The molecule has 1 saturated carbocycles. The number of imide groups is 2. The zero-order chi connectivity index (χ0) is 33.6. The fourth-order valence-corrected chi connectivity index (χ4v) is 5.87. The molecule has 1 aliphatic carbocycles. The molecule has 3 aromatic rings. The number of nitrogens with zero attached hydrogens (tertiary/aromatic N) is 4. The maximum Gasteiger partial charge on any atom is 0.333 e. The molecule has 1 saturated heterocycles. The number of hydrogen-bond donors (Lipinski definition) is 5. The number of carbonyl (C=O) groups is 6. The Bertz CT molecular complexity index is 2010. The molecule has 6 rings (SSSR count). The number of hydrogen-bond acceptors (Lipinski definition) is 11. The third kappa shape index (κ3) is 5.70. The quantitative estimate of drug-likeness (QED) is 0.125. The van der Waals surface area contributed by atoms with E-state index in [1.54, 1.807) is 12.1 Å². The van der Waals surface area contributed by atoms with Gasteiger partial charge in [-0.25, -0.2) is 9.78 Å². The van der Waals surface area contributed by atoms with Crippen LogP contribution in [0.15, 0.2) is 33.9 Å². The maximum atomic E-state index is 13.2. The average Bonchev–Trinajstić information content (AvgIpc) is 3.83. The molecular formula is C30H31N9O8. The van der Waals surface area contributed by atoms with Crippen LogP contribution >= 0.6 is 0 Å². The van der Waals surface area contributed by atoms with Gasteiger partial charge in [0.05, 0.1) is 22.1 Å². The molecule has 1 unspecified atom stereocenters. The van der Waals surface area contributed by atoms with E-state index in [1.807, 2.05) is 0 Å². The minimum absolute atomic E-state index is 0.0216. The number of rotatable bonds is 11. The van der Waals surface area contributed by atoms with Gasteiger partial charge in [0, 0.05) is 31.2 Å². The summed E-state index contributed by atoms with van der Waals surface area (Å²) in [6.45, 7) is 0.0444. The number of nitrogen functional groups attached to an aromatic ring is 1. The predicted octanol–water partition coefficient (Wildman–Crippen LogP) is -1.02. The molecule has 17 heteroatoms. The summed E-state index contributed by atoms with van der Waals surface area (Å²) in [5.41, 5.74) is 10.3. The zero-order valence-corrected chi connectivity index (χ0v) is 25.0. The van der Waals surface area contributed by atoms with Gasteiger partial charge in [0.15, 0.2) is 5.65 Å². The van der Waals surface area contributed by atoms with Crippen LogP contribution in [0, 0.1) is 0 Å². The summed E-state index contributed by atoms with van der Waals surface area (Å²) in [4.78, 5) is 106. The van der Waals surface area contributed by atoms with Gasteiger partial charge in [-0.2, -0.15) is 0 Å². The van der Waals surface area contributed by atoms with Gasteiger partial charge < -0.3 is 22.1 Å². The van der Waals surface area contributed by atoms with Gasteiger partial charge in [-0.15, -0.1) is 0 Å². The lowest BCUT2D eigenvalue weighted by Crippen LogP contribution is -2.54. The number of aromatic nitrogens is 3. The molecule has 6 amide bonds. The van der Waals surface area contributed by atoms with Crippen molar-refractivity contribution in [2.45, 2.75) is 57.2 Å². The SMILES string of the molecule is NC(=O)c1cc2c(=O)n(CC(=O)NCCCCNc3cccc4c3C(=O)N(C3CCC(=O)NC3=O)C4=O)c(=O)n(C3CC3)c2nc1N. The topological polar surface area (TPSA) is 251 Å². The molecule has 17 nitrogen and oxygen atoms in total. The van der Waals surface area contributed by atoms with Crippen molar-refractivity contribution in [2.24, 2.45) is 5.73 Å². The van der Waals surface area contributed by atoms with Crippen molar-refractivity contribution in [3.05, 3.63) is 61.8 Å². The summed E-state index contributed by atoms with van der Waals surface area (Å²) < 4.78 is 2.12. The fraction of sp³-hybridized carbons (Fsp3) is 0.367. The Kier molecular flexibility index (Phi) is 8.04. The van der Waals surface area contributed by atoms with E-state index in [-0.39, 0.29) is 59.0 Å². The highest BCUT2D eigenvalue weighted by Gasteiger charge is 2.45. The fourth-order valence-electron chi connectivity index (χ4n) is 5.87. The smallest absolute Gasteiger partial charge is 0.333 e. The first-order chi connectivity index (χ1) is 22.5. The van der Waals surface area contributed by atoms with E-state index in [9.17, 15) is 38.4 Å². The van der Waals surface area contributed by atoms with Crippen molar-refractivity contribution in [2.75, 3.05) is 24.1 Å². The molecule has 2 aromatic heterocycles. The number of nitrogens with one attached hydrogen (secondary N) is 3. The third-order valence-electron chi connectivity index (χ3n) is 8.36. The minimum atomic E-state index is -1.07. The number of primary amides is 1. The molecule has 2 fully saturated rings.